The Balaban J connectivity index is 1.91. The standard InChI is InChI=1S/C21H21N5O4/c1-25(17-11-7-6-10-16(17)21(27)30-2)20-18(26(28)29)19(23-14-24-20)22-13-12-15-8-4-3-5-9-15/h3-11,14H,12-13H2,1-2H3,(H,22,23,24). The molecule has 0 unspecified atom stereocenters. The molecule has 0 amide bonds. The highest BCUT2D eigenvalue weighted by atomic mass is 16.6. The van der Waals surface area contributed by atoms with Crippen LogP contribution in [0.3, 0.4) is 0 Å². The number of carbonyl (C=O) groups excluding carboxylic acids is 1. The maximum absolute atomic E-state index is 12.1. The van der Waals surface area contributed by atoms with E-state index in [9.17, 15) is 14.9 Å². The number of hydrogen-bond acceptors (Lipinski definition) is 8. The lowest BCUT2D eigenvalue weighted by atomic mass is 10.1. The average Bonchev–Trinajstić information content (AvgIpc) is 2.78. The van der Waals surface area contributed by atoms with E-state index in [1.807, 2.05) is 30.3 Å². The van der Waals surface area contributed by atoms with E-state index in [2.05, 4.69) is 15.3 Å². The average molecular weight is 407 g/mol. The summed E-state index contributed by atoms with van der Waals surface area (Å²) < 4.78 is 4.81. The Hall–Kier alpha value is -4.01. The highest BCUT2D eigenvalue weighted by Gasteiger charge is 2.28. The number of nitrogens with zero attached hydrogens (tertiary/aromatic N) is 4. The molecule has 3 aromatic rings. The SMILES string of the molecule is COC(=O)c1ccccc1N(C)c1ncnc(NCCc2ccccc2)c1[N+](=O)[O-]. The lowest BCUT2D eigenvalue weighted by molar-refractivity contribution is -0.383. The Bertz CT molecular complexity index is 1040. The molecule has 3 rings (SSSR count). The predicted octanol–water partition coefficient (Wildman–Crippen LogP) is 3.59. The van der Waals surface area contributed by atoms with Crippen molar-refractivity contribution < 1.29 is 14.5 Å². The summed E-state index contributed by atoms with van der Waals surface area (Å²) in [6.45, 7) is 0.462. The van der Waals surface area contributed by atoms with Gasteiger partial charge >= 0.3 is 11.7 Å². The Morgan fingerprint density at radius 1 is 1.13 bits per heavy atom. The molecule has 1 N–H and O–H groups in total. The minimum absolute atomic E-state index is 0.0635. The van der Waals surface area contributed by atoms with Crippen molar-refractivity contribution in [2.24, 2.45) is 0 Å². The molecule has 0 saturated carbocycles. The third-order valence-electron chi connectivity index (χ3n) is 4.52. The van der Waals surface area contributed by atoms with E-state index in [1.54, 1.807) is 31.3 Å². The number of para-hydroxylation sites is 1. The number of rotatable bonds is 8. The summed E-state index contributed by atoms with van der Waals surface area (Å²) >= 11 is 0. The molecule has 0 spiro atoms. The number of anilines is 3. The van der Waals surface area contributed by atoms with Gasteiger partial charge in [-0.1, -0.05) is 42.5 Å². The van der Waals surface area contributed by atoms with Gasteiger partial charge in [0.15, 0.2) is 0 Å². The number of hydrogen-bond donors (Lipinski definition) is 1. The third-order valence-corrected chi connectivity index (χ3v) is 4.52. The van der Waals surface area contributed by atoms with Crippen LogP contribution in [0, 0.1) is 10.1 Å². The van der Waals surface area contributed by atoms with Crippen molar-refractivity contribution in [3.05, 3.63) is 82.2 Å². The summed E-state index contributed by atoms with van der Waals surface area (Å²) in [5, 5.41) is 14.9. The molecule has 0 aliphatic heterocycles. The summed E-state index contributed by atoms with van der Waals surface area (Å²) in [4.78, 5) is 33.1. The van der Waals surface area contributed by atoms with Gasteiger partial charge in [-0.15, -0.1) is 0 Å². The first-order valence-electron chi connectivity index (χ1n) is 9.21. The lowest BCUT2D eigenvalue weighted by Gasteiger charge is -2.21. The van der Waals surface area contributed by atoms with Crippen LogP contribution < -0.4 is 10.2 Å². The van der Waals surface area contributed by atoms with E-state index in [1.165, 1.54) is 18.3 Å². The first-order chi connectivity index (χ1) is 14.5. The molecule has 0 fully saturated rings. The quantitative estimate of drug-likeness (QED) is 0.343. The summed E-state index contributed by atoms with van der Waals surface area (Å²) in [5.41, 5.74) is 1.54. The predicted molar refractivity (Wildman–Crippen MR) is 113 cm³/mol. The van der Waals surface area contributed by atoms with Crippen molar-refractivity contribution >= 4 is 29.0 Å². The van der Waals surface area contributed by atoms with Crippen LogP contribution in [0.25, 0.3) is 0 Å². The fourth-order valence-corrected chi connectivity index (χ4v) is 3.05. The highest BCUT2D eigenvalue weighted by Crippen LogP contribution is 2.36. The number of benzene rings is 2. The third kappa shape index (κ3) is 4.52. The number of methoxy groups -OCH3 is 1. The van der Waals surface area contributed by atoms with Crippen molar-refractivity contribution in [3.8, 4) is 0 Å². The van der Waals surface area contributed by atoms with Crippen LogP contribution in [0.5, 0.6) is 0 Å². The molecule has 2 aromatic carbocycles. The Morgan fingerprint density at radius 2 is 1.83 bits per heavy atom. The number of esters is 1. The van der Waals surface area contributed by atoms with Crippen LogP contribution in [-0.2, 0) is 11.2 Å². The molecule has 0 aliphatic carbocycles. The topological polar surface area (TPSA) is 110 Å². The van der Waals surface area contributed by atoms with Crippen molar-refractivity contribution in [3.63, 3.8) is 0 Å². The van der Waals surface area contributed by atoms with E-state index in [0.717, 1.165) is 5.56 Å². The Morgan fingerprint density at radius 3 is 2.53 bits per heavy atom. The van der Waals surface area contributed by atoms with Gasteiger partial charge in [-0.05, 0) is 24.1 Å². The molecule has 9 heteroatoms. The number of aromatic nitrogens is 2. The normalized spacial score (nSPS) is 10.3. The van der Waals surface area contributed by atoms with Gasteiger partial charge in [-0.2, -0.15) is 0 Å². The summed E-state index contributed by atoms with van der Waals surface area (Å²) in [6, 6.07) is 16.4. The van der Waals surface area contributed by atoms with Crippen LogP contribution in [0.2, 0.25) is 0 Å². The van der Waals surface area contributed by atoms with E-state index in [0.29, 0.717) is 18.7 Å². The highest BCUT2D eigenvalue weighted by molar-refractivity contribution is 5.97. The van der Waals surface area contributed by atoms with Gasteiger partial charge < -0.3 is 15.0 Å². The number of ether oxygens (including phenoxy) is 1. The largest absolute Gasteiger partial charge is 0.465 e. The van der Waals surface area contributed by atoms with Gasteiger partial charge in [0.2, 0.25) is 11.6 Å². The van der Waals surface area contributed by atoms with E-state index in [-0.39, 0.29) is 22.9 Å². The molecule has 30 heavy (non-hydrogen) atoms. The fraction of sp³-hybridized carbons (Fsp3) is 0.190. The van der Waals surface area contributed by atoms with E-state index >= 15 is 0 Å². The van der Waals surface area contributed by atoms with Crippen LogP contribution >= 0.6 is 0 Å². The van der Waals surface area contributed by atoms with Gasteiger partial charge in [0.1, 0.15) is 6.33 Å². The lowest BCUT2D eigenvalue weighted by Crippen LogP contribution is -2.19. The van der Waals surface area contributed by atoms with Crippen LogP contribution in [0.1, 0.15) is 15.9 Å². The molecule has 0 atom stereocenters. The number of carbonyl (C=O) groups is 1. The molecule has 1 heterocycles. The number of nitro groups is 1. The van der Waals surface area contributed by atoms with Gasteiger partial charge in [0, 0.05) is 13.6 Å². The zero-order valence-corrected chi connectivity index (χ0v) is 16.6. The van der Waals surface area contributed by atoms with Crippen molar-refractivity contribution in [2.75, 3.05) is 30.9 Å². The molecule has 0 saturated heterocycles. The zero-order chi connectivity index (χ0) is 21.5. The zero-order valence-electron chi connectivity index (χ0n) is 16.6. The molecule has 0 bridgehead atoms. The first kappa shape index (κ1) is 20.7. The minimum Gasteiger partial charge on any atom is -0.465 e. The summed E-state index contributed by atoms with van der Waals surface area (Å²) in [6.07, 6.45) is 1.93. The number of nitrogens with one attached hydrogen (secondary N) is 1. The molecule has 154 valence electrons. The molecule has 0 aliphatic rings. The second-order valence-electron chi connectivity index (χ2n) is 6.38. The summed E-state index contributed by atoms with van der Waals surface area (Å²) in [5.74, 6) is -0.368. The Kier molecular flexibility index (Phi) is 6.53. The first-order valence-corrected chi connectivity index (χ1v) is 9.21. The van der Waals surface area contributed by atoms with Gasteiger partial charge in [-0.3, -0.25) is 10.1 Å². The van der Waals surface area contributed by atoms with Crippen molar-refractivity contribution in [1.82, 2.24) is 9.97 Å². The van der Waals surface area contributed by atoms with Crippen LogP contribution in [0.15, 0.2) is 60.9 Å². The van der Waals surface area contributed by atoms with Crippen molar-refractivity contribution in [1.29, 1.82) is 0 Å². The molecular weight excluding hydrogens is 386 g/mol. The van der Waals surface area contributed by atoms with E-state index in [4.69, 9.17) is 4.74 Å². The second-order valence-corrected chi connectivity index (χ2v) is 6.38. The second kappa shape index (κ2) is 9.46. The molecule has 9 nitrogen and oxygen atoms in total. The molecule has 0 radical (unpaired) electrons. The molecular formula is C21H21N5O4. The van der Waals surface area contributed by atoms with Gasteiger partial charge in [0.05, 0.1) is 23.3 Å². The fourth-order valence-electron chi connectivity index (χ4n) is 3.05. The maximum Gasteiger partial charge on any atom is 0.353 e. The smallest absolute Gasteiger partial charge is 0.353 e. The van der Waals surface area contributed by atoms with Crippen LogP contribution in [0.4, 0.5) is 23.0 Å². The maximum atomic E-state index is 12.1. The summed E-state index contributed by atoms with van der Waals surface area (Å²) in [7, 11) is 2.88. The van der Waals surface area contributed by atoms with Crippen molar-refractivity contribution in [2.45, 2.75) is 6.42 Å². The monoisotopic (exact) mass is 407 g/mol. The van der Waals surface area contributed by atoms with Crippen LogP contribution in [-0.4, -0.2) is 41.6 Å². The Labute approximate surface area is 173 Å². The van der Waals surface area contributed by atoms with E-state index < -0.39 is 10.9 Å². The minimum atomic E-state index is -0.546. The molecule has 1 aromatic heterocycles. The van der Waals surface area contributed by atoms with Gasteiger partial charge in [-0.25, -0.2) is 14.8 Å². The van der Waals surface area contributed by atoms with Gasteiger partial charge in [0.25, 0.3) is 0 Å².